The maximum absolute atomic E-state index is 11.8. The highest BCUT2D eigenvalue weighted by Crippen LogP contribution is 2.30. The number of nitrogens with zero attached hydrogens (tertiary/aromatic N) is 4. The van der Waals surface area contributed by atoms with Gasteiger partial charge < -0.3 is 9.88 Å². The van der Waals surface area contributed by atoms with Crippen molar-refractivity contribution in [2.75, 3.05) is 33.2 Å². The molecule has 0 unspecified atom stereocenters. The van der Waals surface area contributed by atoms with Crippen LogP contribution in [0.2, 0.25) is 0 Å². The number of carbonyl (C=O) groups is 1. The van der Waals surface area contributed by atoms with Gasteiger partial charge in [-0.25, -0.2) is 4.98 Å². The van der Waals surface area contributed by atoms with Gasteiger partial charge in [0.2, 0.25) is 5.91 Å². The Bertz CT molecular complexity index is 774. The highest BCUT2D eigenvalue weighted by Gasteiger charge is 2.40. The van der Waals surface area contributed by atoms with Gasteiger partial charge in [0.1, 0.15) is 5.82 Å². The second-order valence-corrected chi connectivity index (χ2v) is 7.91. The molecule has 1 amide bonds. The molecular weight excluding hydrogens is 338 g/mol. The summed E-state index contributed by atoms with van der Waals surface area (Å²) in [5.74, 6) is 1.30. The van der Waals surface area contributed by atoms with Gasteiger partial charge in [-0.05, 0) is 25.5 Å². The third-order valence-corrected chi connectivity index (χ3v) is 6.17. The summed E-state index contributed by atoms with van der Waals surface area (Å²) < 4.78 is 2.25. The van der Waals surface area contributed by atoms with Crippen LogP contribution < -0.4 is 5.32 Å². The van der Waals surface area contributed by atoms with E-state index in [1.807, 2.05) is 12.3 Å². The van der Waals surface area contributed by atoms with E-state index in [1.165, 1.54) is 5.56 Å². The molecule has 0 aliphatic carbocycles. The van der Waals surface area contributed by atoms with Crippen molar-refractivity contribution < 1.29 is 4.79 Å². The van der Waals surface area contributed by atoms with Crippen molar-refractivity contribution >= 4 is 5.91 Å². The number of piperazine rings is 1. The van der Waals surface area contributed by atoms with Gasteiger partial charge in [-0.1, -0.05) is 30.3 Å². The zero-order valence-electron chi connectivity index (χ0n) is 16.1. The summed E-state index contributed by atoms with van der Waals surface area (Å²) in [5, 5.41) is 3.03. The molecule has 144 valence electrons. The first-order valence-corrected chi connectivity index (χ1v) is 9.89. The fourth-order valence-corrected chi connectivity index (χ4v) is 4.43. The van der Waals surface area contributed by atoms with Crippen molar-refractivity contribution in [3.8, 4) is 0 Å². The molecule has 1 aromatic heterocycles. The predicted molar refractivity (Wildman–Crippen MR) is 105 cm³/mol. The first-order valence-electron chi connectivity index (χ1n) is 9.89. The Labute approximate surface area is 161 Å². The van der Waals surface area contributed by atoms with Crippen LogP contribution >= 0.6 is 0 Å². The molecule has 2 aliphatic heterocycles. The molecule has 2 aromatic rings. The van der Waals surface area contributed by atoms with E-state index in [1.54, 1.807) is 0 Å². The fraction of sp³-hybridized carbons (Fsp3) is 0.524. The van der Waals surface area contributed by atoms with Gasteiger partial charge in [0, 0.05) is 57.1 Å². The van der Waals surface area contributed by atoms with Crippen LogP contribution in [0.1, 0.15) is 30.7 Å². The van der Waals surface area contributed by atoms with Gasteiger partial charge in [-0.2, -0.15) is 0 Å². The molecule has 2 aliphatic rings. The zero-order valence-corrected chi connectivity index (χ0v) is 16.1. The molecule has 2 saturated heterocycles. The SMILES string of the molecule is CN1CCN(Cc2nccn2Cc2ccccc2)C[C@@]12CCNC(=O)CC2. The predicted octanol–water partition coefficient (Wildman–Crippen LogP) is 1.72. The lowest BCUT2D eigenvalue weighted by Crippen LogP contribution is -2.60. The maximum atomic E-state index is 11.8. The summed E-state index contributed by atoms with van der Waals surface area (Å²) in [5.41, 5.74) is 1.38. The lowest BCUT2D eigenvalue weighted by atomic mass is 9.86. The van der Waals surface area contributed by atoms with Crippen molar-refractivity contribution in [1.29, 1.82) is 0 Å². The normalized spacial score (nSPS) is 24.7. The van der Waals surface area contributed by atoms with E-state index in [2.05, 4.69) is 62.2 Å². The highest BCUT2D eigenvalue weighted by molar-refractivity contribution is 5.76. The molecular formula is C21H29N5O. The van der Waals surface area contributed by atoms with Crippen LogP contribution in [0, 0.1) is 0 Å². The average molecular weight is 367 g/mol. The van der Waals surface area contributed by atoms with E-state index >= 15 is 0 Å². The number of rotatable bonds is 4. The van der Waals surface area contributed by atoms with Crippen molar-refractivity contribution in [3.63, 3.8) is 0 Å². The van der Waals surface area contributed by atoms with Crippen molar-refractivity contribution in [1.82, 2.24) is 24.7 Å². The third-order valence-electron chi connectivity index (χ3n) is 6.17. The van der Waals surface area contributed by atoms with E-state index in [0.29, 0.717) is 6.42 Å². The average Bonchev–Trinajstić information content (AvgIpc) is 3.01. The Morgan fingerprint density at radius 3 is 2.85 bits per heavy atom. The number of nitrogens with one attached hydrogen (secondary N) is 1. The van der Waals surface area contributed by atoms with E-state index < -0.39 is 0 Å². The van der Waals surface area contributed by atoms with Gasteiger partial charge in [0.05, 0.1) is 6.54 Å². The minimum atomic E-state index is 0.0915. The Morgan fingerprint density at radius 2 is 2.00 bits per heavy atom. The van der Waals surface area contributed by atoms with Crippen molar-refractivity contribution in [2.24, 2.45) is 0 Å². The molecule has 0 saturated carbocycles. The first kappa shape index (κ1) is 18.2. The highest BCUT2D eigenvalue weighted by atomic mass is 16.1. The standard InChI is InChI=1S/C21H29N5O/c1-24-13-14-25(17-21(24)8-7-20(27)23-10-9-21)16-19-22-11-12-26(19)15-18-5-3-2-4-6-18/h2-6,11-12H,7-10,13-17H2,1H3,(H,23,27)/t21-/m1/s1. The first-order chi connectivity index (χ1) is 13.1. The lowest BCUT2D eigenvalue weighted by molar-refractivity contribution is -0.121. The molecule has 1 spiro atoms. The number of imidazole rings is 1. The minimum Gasteiger partial charge on any atom is -0.356 e. The van der Waals surface area contributed by atoms with Crippen LogP contribution in [0.5, 0.6) is 0 Å². The largest absolute Gasteiger partial charge is 0.356 e. The van der Waals surface area contributed by atoms with Crippen molar-refractivity contribution in [3.05, 3.63) is 54.1 Å². The van der Waals surface area contributed by atoms with E-state index in [0.717, 1.165) is 57.9 Å². The smallest absolute Gasteiger partial charge is 0.220 e. The molecule has 3 heterocycles. The van der Waals surface area contributed by atoms with Crippen LogP contribution in [0.25, 0.3) is 0 Å². The molecule has 27 heavy (non-hydrogen) atoms. The Hall–Kier alpha value is -2.18. The van der Waals surface area contributed by atoms with Gasteiger partial charge in [0.15, 0.2) is 0 Å². The van der Waals surface area contributed by atoms with Crippen molar-refractivity contribution in [2.45, 2.75) is 37.9 Å². The molecule has 0 bridgehead atoms. The summed E-state index contributed by atoms with van der Waals surface area (Å²) in [4.78, 5) is 21.4. The molecule has 2 fully saturated rings. The van der Waals surface area contributed by atoms with Crippen LogP contribution in [-0.4, -0.2) is 64.0 Å². The van der Waals surface area contributed by atoms with Gasteiger partial charge in [0.25, 0.3) is 0 Å². The second kappa shape index (κ2) is 7.82. The topological polar surface area (TPSA) is 53.4 Å². The van der Waals surface area contributed by atoms with Gasteiger partial charge in [-0.15, -0.1) is 0 Å². The van der Waals surface area contributed by atoms with E-state index in [9.17, 15) is 4.79 Å². The lowest BCUT2D eigenvalue weighted by Gasteiger charge is -2.49. The van der Waals surface area contributed by atoms with Crippen LogP contribution in [0.15, 0.2) is 42.7 Å². The molecule has 1 aromatic carbocycles. The Balaban J connectivity index is 1.46. The molecule has 4 rings (SSSR count). The monoisotopic (exact) mass is 367 g/mol. The van der Waals surface area contributed by atoms with E-state index in [4.69, 9.17) is 0 Å². The van der Waals surface area contributed by atoms with Crippen LogP contribution in [0.4, 0.5) is 0 Å². The minimum absolute atomic E-state index is 0.0915. The number of amides is 1. The molecule has 1 atom stereocenters. The maximum Gasteiger partial charge on any atom is 0.220 e. The Kier molecular flexibility index (Phi) is 5.27. The summed E-state index contributed by atoms with van der Waals surface area (Å²) in [6.45, 7) is 5.56. The summed E-state index contributed by atoms with van der Waals surface area (Å²) >= 11 is 0. The fourth-order valence-electron chi connectivity index (χ4n) is 4.43. The number of hydrogen-bond acceptors (Lipinski definition) is 4. The zero-order chi connectivity index (χ0) is 18.7. The third kappa shape index (κ3) is 4.06. The number of aromatic nitrogens is 2. The molecule has 6 heteroatoms. The Morgan fingerprint density at radius 1 is 1.15 bits per heavy atom. The van der Waals surface area contributed by atoms with Gasteiger partial charge >= 0.3 is 0 Å². The summed E-state index contributed by atoms with van der Waals surface area (Å²) in [6, 6.07) is 10.5. The number of carbonyl (C=O) groups excluding carboxylic acids is 1. The summed E-state index contributed by atoms with van der Waals surface area (Å²) in [6.07, 6.45) is 6.55. The number of likely N-dealkylation sites (N-methyl/N-ethyl adjacent to an activating group) is 1. The van der Waals surface area contributed by atoms with E-state index in [-0.39, 0.29) is 11.4 Å². The number of benzene rings is 1. The quantitative estimate of drug-likeness (QED) is 0.894. The van der Waals surface area contributed by atoms with Gasteiger partial charge in [-0.3, -0.25) is 14.6 Å². The number of hydrogen-bond donors (Lipinski definition) is 1. The van der Waals surface area contributed by atoms with Crippen LogP contribution in [-0.2, 0) is 17.9 Å². The molecule has 0 radical (unpaired) electrons. The molecule has 6 nitrogen and oxygen atoms in total. The summed E-state index contributed by atoms with van der Waals surface area (Å²) in [7, 11) is 2.21. The van der Waals surface area contributed by atoms with Crippen LogP contribution in [0.3, 0.4) is 0 Å². The second-order valence-electron chi connectivity index (χ2n) is 7.91. The molecule has 1 N–H and O–H groups in total.